The highest BCUT2D eigenvalue weighted by molar-refractivity contribution is 5.81. The molecule has 1 aliphatic carbocycles. The predicted octanol–water partition coefficient (Wildman–Crippen LogP) is 4.04. The summed E-state index contributed by atoms with van der Waals surface area (Å²) in [7, 11) is 0. The number of esters is 1. The average Bonchev–Trinajstić information content (AvgIpc) is 2.67. The molecule has 0 saturated carbocycles. The van der Waals surface area contributed by atoms with Crippen LogP contribution in [-0.4, -0.2) is 24.3 Å². The smallest absolute Gasteiger partial charge is 0.330 e. The van der Waals surface area contributed by atoms with Gasteiger partial charge in [-0.3, -0.25) is 0 Å². The molecule has 0 aromatic carbocycles. The molecule has 3 heteroatoms. The number of hydrogen-bond acceptors (Lipinski definition) is 3. The van der Waals surface area contributed by atoms with Crippen LogP contribution in [0.4, 0.5) is 0 Å². The number of hydrogen-bond donors (Lipinski definition) is 0. The van der Waals surface area contributed by atoms with Crippen LogP contribution in [0.1, 0.15) is 54.4 Å². The van der Waals surface area contributed by atoms with Gasteiger partial charge >= 0.3 is 5.97 Å². The molecule has 1 aliphatic rings. The highest BCUT2D eigenvalue weighted by Crippen LogP contribution is 2.37. The van der Waals surface area contributed by atoms with Crippen molar-refractivity contribution in [3.63, 3.8) is 0 Å². The van der Waals surface area contributed by atoms with Crippen LogP contribution in [0, 0.1) is 5.41 Å². The summed E-state index contributed by atoms with van der Waals surface area (Å²) in [5, 5.41) is 0. The molecular formula is C17H28O3. The maximum atomic E-state index is 11.3. The molecule has 0 N–H and O–H groups in total. The Morgan fingerprint density at radius 1 is 1.50 bits per heavy atom. The fraction of sp³-hybridized carbons (Fsp3) is 0.706. The molecule has 1 rings (SSSR count). The van der Waals surface area contributed by atoms with Crippen molar-refractivity contribution in [1.29, 1.82) is 0 Å². The van der Waals surface area contributed by atoms with Crippen molar-refractivity contribution in [1.82, 2.24) is 0 Å². The van der Waals surface area contributed by atoms with Crippen molar-refractivity contribution in [2.45, 2.75) is 66.1 Å². The van der Waals surface area contributed by atoms with E-state index < -0.39 is 5.60 Å². The molecule has 0 aliphatic heterocycles. The van der Waals surface area contributed by atoms with Crippen molar-refractivity contribution in [3.05, 3.63) is 23.8 Å². The minimum Gasteiger partial charge on any atom is -0.459 e. The molecule has 3 nitrogen and oxygen atoms in total. The second-order valence-electron chi connectivity index (χ2n) is 6.84. The third-order valence-electron chi connectivity index (χ3n) is 3.52. The fourth-order valence-corrected chi connectivity index (χ4v) is 2.45. The Labute approximate surface area is 123 Å². The molecule has 0 amide bonds. The van der Waals surface area contributed by atoms with E-state index in [1.54, 1.807) is 13.0 Å². The second-order valence-corrected chi connectivity index (χ2v) is 6.84. The van der Waals surface area contributed by atoms with Gasteiger partial charge in [-0.15, -0.1) is 0 Å². The Hall–Kier alpha value is -1.09. The lowest BCUT2D eigenvalue weighted by Crippen LogP contribution is -2.35. The normalized spacial score (nSPS) is 20.0. The number of ether oxygens (including phenoxy) is 2. The molecule has 0 spiro atoms. The lowest BCUT2D eigenvalue weighted by Gasteiger charge is -2.29. The summed E-state index contributed by atoms with van der Waals surface area (Å²) in [5.74, 6) is -0.321. The van der Waals surface area contributed by atoms with Crippen molar-refractivity contribution < 1.29 is 14.3 Å². The van der Waals surface area contributed by atoms with Gasteiger partial charge in [-0.2, -0.15) is 0 Å². The van der Waals surface area contributed by atoms with Gasteiger partial charge in [0, 0.05) is 6.08 Å². The Kier molecular flexibility index (Phi) is 5.58. The van der Waals surface area contributed by atoms with E-state index in [-0.39, 0.29) is 24.1 Å². The van der Waals surface area contributed by atoms with Gasteiger partial charge in [-0.1, -0.05) is 26.0 Å². The first kappa shape index (κ1) is 17.0. The molecule has 0 bridgehead atoms. The molecule has 0 radical (unpaired) electrons. The van der Waals surface area contributed by atoms with Crippen LogP contribution in [0.3, 0.4) is 0 Å². The Balaban J connectivity index is 2.51. The molecule has 1 atom stereocenters. The highest BCUT2D eigenvalue weighted by Gasteiger charge is 2.30. The van der Waals surface area contributed by atoms with Crippen molar-refractivity contribution in [2.75, 3.05) is 6.61 Å². The largest absolute Gasteiger partial charge is 0.459 e. The third-order valence-corrected chi connectivity index (χ3v) is 3.52. The molecular weight excluding hydrogens is 252 g/mol. The predicted molar refractivity (Wildman–Crippen MR) is 81.5 cm³/mol. The monoisotopic (exact) mass is 280 g/mol. The summed E-state index contributed by atoms with van der Waals surface area (Å²) in [4.78, 5) is 11.3. The molecule has 0 aromatic heterocycles. The summed E-state index contributed by atoms with van der Waals surface area (Å²) in [6.45, 7) is 12.5. The summed E-state index contributed by atoms with van der Waals surface area (Å²) in [5.41, 5.74) is 1.14. The van der Waals surface area contributed by atoms with Gasteiger partial charge in [0.1, 0.15) is 6.61 Å². The first-order valence-electron chi connectivity index (χ1n) is 7.34. The fourth-order valence-electron chi connectivity index (χ4n) is 2.45. The third kappa shape index (κ3) is 5.49. The molecule has 0 heterocycles. The van der Waals surface area contributed by atoms with E-state index in [0.29, 0.717) is 0 Å². The minimum atomic E-state index is -0.482. The maximum absolute atomic E-state index is 11.3. The van der Waals surface area contributed by atoms with Gasteiger partial charge in [0.25, 0.3) is 0 Å². The van der Waals surface area contributed by atoms with E-state index in [1.807, 2.05) is 13.8 Å². The number of carbonyl (C=O) groups excluding carboxylic acids is 1. The first-order chi connectivity index (χ1) is 9.15. The Morgan fingerprint density at radius 3 is 2.65 bits per heavy atom. The maximum Gasteiger partial charge on any atom is 0.330 e. The molecule has 1 unspecified atom stereocenters. The summed E-state index contributed by atoms with van der Waals surface area (Å²) in [6.07, 6.45) is 7.73. The number of allylic oxidation sites excluding steroid dienone is 2. The zero-order chi connectivity index (χ0) is 15.4. The van der Waals surface area contributed by atoms with Gasteiger partial charge in [0.05, 0.1) is 11.7 Å². The molecule has 114 valence electrons. The number of carbonyl (C=O) groups is 1. The van der Waals surface area contributed by atoms with E-state index in [1.165, 1.54) is 18.1 Å². The van der Waals surface area contributed by atoms with Gasteiger partial charge < -0.3 is 9.47 Å². The molecule has 20 heavy (non-hydrogen) atoms. The van der Waals surface area contributed by atoms with Gasteiger partial charge in [-0.05, 0) is 51.5 Å². The summed E-state index contributed by atoms with van der Waals surface area (Å²) >= 11 is 0. The Bertz CT molecular complexity index is 402. The number of rotatable bonds is 6. The van der Waals surface area contributed by atoms with E-state index in [9.17, 15) is 4.79 Å². The van der Waals surface area contributed by atoms with Gasteiger partial charge in [0.15, 0.2) is 0 Å². The zero-order valence-electron chi connectivity index (χ0n) is 13.7. The van der Waals surface area contributed by atoms with Crippen molar-refractivity contribution >= 4 is 5.97 Å². The quantitative estimate of drug-likeness (QED) is 0.418. The SMILES string of the molecule is CC=CC(=O)OCC(C)(C)OC(C)C1=CC(C)(C)CC1. The van der Waals surface area contributed by atoms with Gasteiger partial charge in [-0.25, -0.2) is 4.79 Å². The Morgan fingerprint density at radius 2 is 2.15 bits per heavy atom. The summed E-state index contributed by atoms with van der Waals surface area (Å²) in [6, 6.07) is 0. The van der Waals surface area contributed by atoms with Crippen LogP contribution in [-0.2, 0) is 14.3 Å². The lowest BCUT2D eigenvalue weighted by molar-refractivity contribution is -0.150. The zero-order valence-corrected chi connectivity index (χ0v) is 13.7. The first-order valence-corrected chi connectivity index (χ1v) is 7.34. The van der Waals surface area contributed by atoms with Crippen LogP contribution < -0.4 is 0 Å². The van der Waals surface area contributed by atoms with Crippen molar-refractivity contribution in [2.24, 2.45) is 5.41 Å². The van der Waals surface area contributed by atoms with Crippen molar-refractivity contribution in [3.8, 4) is 0 Å². The molecule has 0 fully saturated rings. The van der Waals surface area contributed by atoms with Crippen LogP contribution in [0.5, 0.6) is 0 Å². The highest BCUT2D eigenvalue weighted by atomic mass is 16.6. The average molecular weight is 280 g/mol. The van der Waals surface area contributed by atoms with E-state index in [4.69, 9.17) is 9.47 Å². The molecule has 0 saturated heterocycles. The van der Waals surface area contributed by atoms with E-state index >= 15 is 0 Å². The molecule has 0 aromatic rings. The standard InChI is InChI=1S/C17H28O3/c1-7-8-15(18)19-12-17(5,6)20-13(2)14-9-10-16(3,4)11-14/h7-8,11,13H,9-10,12H2,1-6H3. The summed E-state index contributed by atoms with van der Waals surface area (Å²) < 4.78 is 11.3. The van der Waals surface area contributed by atoms with Gasteiger partial charge in [0.2, 0.25) is 0 Å². The van der Waals surface area contributed by atoms with Crippen LogP contribution in [0.25, 0.3) is 0 Å². The lowest BCUT2D eigenvalue weighted by atomic mass is 9.94. The topological polar surface area (TPSA) is 35.5 Å². The van der Waals surface area contributed by atoms with Crippen LogP contribution in [0.15, 0.2) is 23.8 Å². The van der Waals surface area contributed by atoms with E-state index in [2.05, 4.69) is 26.8 Å². The van der Waals surface area contributed by atoms with Crippen LogP contribution >= 0.6 is 0 Å². The van der Waals surface area contributed by atoms with Crippen LogP contribution in [0.2, 0.25) is 0 Å². The minimum absolute atomic E-state index is 0.0622. The second kappa shape index (κ2) is 6.57. The van der Waals surface area contributed by atoms with E-state index in [0.717, 1.165) is 6.42 Å².